The molecule has 1 aromatic heterocycles. The number of carboxylic acids is 1. The molecule has 5 nitrogen and oxygen atoms in total. The van der Waals surface area contributed by atoms with Crippen LogP contribution in [0.25, 0.3) is 22.1 Å². The van der Waals surface area contributed by atoms with Crippen molar-refractivity contribution >= 4 is 34.4 Å². The summed E-state index contributed by atoms with van der Waals surface area (Å²) in [6, 6.07) is 20.7. The lowest BCUT2D eigenvalue weighted by molar-refractivity contribution is -0.139. The molecule has 0 saturated heterocycles. The SMILES string of the molecule is CCCc1c(C(=O)NC(C(=O)O)c2ccccc2)oc2cc(-c3ccc(Cl)cc3)ccc12. The Bertz CT molecular complexity index is 1260. The minimum atomic E-state index is -1.17. The fraction of sp³-hybridized carbons (Fsp3) is 0.154. The van der Waals surface area contributed by atoms with Crippen LogP contribution in [-0.2, 0) is 11.2 Å². The number of carbonyl (C=O) groups is 2. The van der Waals surface area contributed by atoms with E-state index in [4.69, 9.17) is 16.0 Å². The van der Waals surface area contributed by atoms with Crippen LogP contribution in [0, 0.1) is 0 Å². The molecule has 0 fully saturated rings. The number of benzene rings is 3. The largest absolute Gasteiger partial charge is 0.479 e. The maximum Gasteiger partial charge on any atom is 0.330 e. The Balaban J connectivity index is 1.72. The highest BCUT2D eigenvalue weighted by atomic mass is 35.5. The number of halogens is 1. The monoisotopic (exact) mass is 447 g/mol. The van der Waals surface area contributed by atoms with Crippen molar-refractivity contribution in [1.29, 1.82) is 0 Å². The number of hydrogen-bond donors (Lipinski definition) is 2. The third-order valence-corrected chi connectivity index (χ3v) is 5.58. The van der Waals surface area contributed by atoms with Crippen molar-refractivity contribution in [2.45, 2.75) is 25.8 Å². The lowest BCUT2D eigenvalue weighted by Gasteiger charge is -2.14. The summed E-state index contributed by atoms with van der Waals surface area (Å²) in [7, 11) is 0. The van der Waals surface area contributed by atoms with E-state index >= 15 is 0 Å². The zero-order valence-electron chi connectivity index (χ0n) is 17.5. The van der Waals surface area contributed by atoms with Gasteiger partial charge in [-0.15, -0.1) is 0 Å². The molecule has 3 aromatic carbocycles. The summed E-state index contributed by atoms with van der Waals surface area (Å²) in [6.45, 7) is 2.02. The summed E-state index contributed by atoms with van der Waals surface area (Å²) < 4.78 is 5.98. The van der Waals surface area contributed by atoms with Crippen molar-refractivity contribution in [2.24, 2.45) is 0 Å². The van der Waals surface area contributed by atoms with Crippen molar-refractivity contribution in [3.63, 3.8) is 0 Å². The molecular formula is C26H22ClNO4. The number of rotatable bonds is 7. The average Bonchev–Trinajstić information content (AvgIpc) is 3.16. The van der Waals surface area contributed by atoms with Gasteiger partial charge in [0.1, 0.15) is 5.58 Å². The zero-order valence-corrected chi connectivity index (χ0v) is 18.2. The van der Waals surface area contributed by atoms with Crippen LogP contribution < -0.4 is 5.32 Å². The van der Waals surface area contributed by atoms with E-state index in [1.807, 2.05) is 49.4 Å². The number of carboxylic acid groups (broad SMARTS) is 1. The van der Waals surface area contributed by atoms with Crippen LogP contribution in [0.2, 0.25) is 5.02 Å². The van der Waals surface area contributed by atoms with Crippen molar-refractivity contribution in [3.8, 4) is 11.1 Å². The van der Waals surface area contributed by atoms with Crippen molar-refractivity contribution in [2.75, 3.05) is 0 Å². The number of aryl methyl sites for hydroxylation is 1. The highest BCUT2D eigenvalue weighted by molar-refractivity contribution is 6.30. The van der Waals surface area contributed by atoms with Gasteiger partial charge in [-0.1, -0.05) is 79.5 Å². The molecule has 0 radical (unpaired) electrons. The van der Waals surface area contributed by atoms with Crippen LogP contribution in [0.4, 0.5) is 0 Å². The third-order valence-electron chi connectivity index (χ3n) is 5.33. The number of amides is 1. The lowest BCUT2D eigenvalue weighted by Crippen LogP contribution is -2.34. The maximum atomic E-state index is 13.1. The summed E-state index contributed by atoms with van der Waals surface area (Å²) >= 11 is 5.99. The quantitative estimate of drug-likeness (QED) is 0.350. The smallest absolute Gasteiger partial charge is 0.330 e. The summed E-state index contributed by atoms with van der Waals surface area (Å²) in [4.78, 5) is 24.9. The first-order valence-corrected chi connectivity index (χ1v) is 10.8. The van der Waals surface area contributed by atoms with Gasteiger partial charge in [0.25, 0.3) is 5.91 Å². The number of fused-ring (bicyclic) bond motifs is 1. The van der Waals surface area contributed by atoms with Gasteiger partial charge in [-0.25, -0.2) is 4.79 Å². The van der Waals surface area contributed by atoms with E-state index in [2.05, 4.69) is 5.32 Å². The van der Waals surface area contributed by atoms with Gasteiger partial charge in [0.15, 0.2) is 11.8 Å². The second-order valence-corrected chi connectivity index (χ2v) is 7.97. The van der Waals surface area contributed by atoms with Crippen molar-refractivity contribution in [1.82, 2.24) is 5.32 Å². The van der Waals surface area contributed by atoms with E-state index in [0.717, 1.165) is 28.5 Å². The van der Waals surface area contributed by atoms with Gasteiger partial charge >= 0.3 is 5.97 Å². The van der Waals surface area contributed by atoms with E-state index < -0.39 is 17.9 Å². The minimum absolute atomic E-state index is 0.150. The maximum absolute atomic E-state index is 13.1. The zero-order chi connectivity index (χ0) is 22.7. The lowest BCUT2D eigenvalue weighted by atomic mass is 10.0. The Labute approximate surface area is 190 Å². The van der Waals surface area contributed by atoms with E-state index in [9.17, 15) is 14.7 Å². The van der Waals surface area contributed by atoms with Crippen molar-refractivity contribution < 1.29 is 19.1 Å². The highest BCUT2D eigenvalue weighted by Gasteiger charge is 2.27. The molecule has 6 heteroatoms. The number of nitrogens with one attached hydrogen (secondary N) is 1. The first kappa shape index (κ1) is 21.7. The molecule has 1 amide bonds. The van der Waals surface area contributed by atoms with E-state index in [1.165, 1.54) is 0 Å². The molecule has 32 heavy (non-hydrogen) atoms. The Morgan fingerprint density at radius 2 is 1.69 bits per heavy atom. The second-order valence-electron chi connectivity index (χ2n) is 7.53. The van der Waals surface area contributed by atoms with Crippen LogP contribution in [-0.4, -0.2) is 17.0 Å². The van der Waals surface area contributed by atoms with Crippen molar-refractivity contribution in [3.05, 3.63) is 94.7 Å². The Morgan fingerprint density at radius 1 is 1.00 bits per heavy atom. The highest BCUT2D eigenvalue weighted by Crippen LogP contribution is 2.32. The molecule has 2 N–H and O–H groups in total. The molecule has 0 bridgehead atoms. The molecule has 1 unspecified atom stereocenters. The van der Waals surface area contributed by atoms with Gasteiger partial charge in [0, 0.05) is 16.0 Å². The Hall–Kier alpha value is -3.57. The summed E-state index contributed by atoms with van der Waals surface area (Å²) in [5.41, 5.74) is 3.76. The molecule has 1 atom stereocenters. The number of carbonyl (C=O) groups excluding carboxylic acids is 1. The first-order valence-electron chi connectivity index (χ1n) is 10.4. The van der Waals surface area contributed by atoms with Crippen LogP contribution in [0.5, 0.6) is 0 Å². The van der Waals surface area contributed by atoms with E-state index in [-0.39, 0.29) is 5.76 Å². The normalized spacial score (nSPS) is 11.9. The van der Waals surface area contributed by atoms with E-state index in [0.29, 0.717) is 22.6 Å². The predicted molar refractivity (Wildman–Crippen MR) is 125 cm³/mol. The van der Waals surface area contributed by atoms with Crippen LogP contribution >= 0.6 is 11.6 Å². The van der Waals surface area contributed by atoms with Gasteiger partial charge < -0.3 is 14.8 Å². The molecule has 1 heterocycles. The number of hydrogen-bond acceptors (Lipinski definition) is 3. The van der Waals surface area contributed by atoms with Gasteiger partial charge in [-0.3, -0.25) is 4.79 Å². The van der Waals surface area contributed by atoms with Gasteiger partial charge in [0.2, 0.25) is 0 Å². The molecule has 162 valence electrons. The minimum Gasteiger partial charge on any atom is -0.479 e. The first-order chi connectivity index (χ1) is 15.5. The van der Waals surface area contributed by atoms with Crippen LogP contribution in [0.15, 0.2) is 77.2 Å². The summed E-state index contributed by atoms with van der Waals surface area (Å²) in [5.74, 6) is -1.53. The Kier molecular flexibility index (Phi) is 6.28. The van der Waals surface area contributed by atoms with Crippen LogP contribution in [0.1, 0.15) is 41.1 Å². The second kappa shape index (κ2) is 9.28. The molecule has 0 saturated carbocycles. The van der Waals surface area contributed by atoms with Gasteiger partial charge in [0.05, 0.1) is 0 Å². The topological polar surface area (TPSA) is 79.5 Å². The Morgan fingerprint density at radius 3 is 2.34 bits per heavy atom. The number of aliphatic carboxylic acids is 1. The molecule has 4 aromatic rings. The molecule has 0 spiro atoms. The third kappa shape index (κ3) is 4.39. The molecule has 0 aliphatic heterocycles. The fourth-order valence-electron chi connectivity index (χ4n) is 3.78. The molecule has 0 aliphatic carbocycles. The number of furan rings is 1. The molecule has 0 aliphatic rings. The molecule has 4 rings (SSSR count). The summed E-state index contributed by atoms with van der Waals surface area (Å²) in [5, 5.41) is 13.8. The van der Waals surface area contributed by atoms with Crippen LogP contribution in [0.3, 0.4) is 0 Å². The van der Waals surface area contributed by atoms with Gasteiger partial charge in [-0.05, 0) is 41.3 Å². The summed E-state index contributed by atoms with van der Waals surface area (Å²) in [6.07, 6.45) is 1.45. The average molecular weight is 448 g/mol. The fourth-order valence-corrected chi connectivity index (χ4v) is 3.91. The molecular weight excluding hydrogens is 426 g/mol. The van der Waals surface area contributed by atoms with E-state index in [1.54, 1.807) is 30.3 Å². The standard InChI is InChI=1S/C26H22ClNO4/c1-2-6-21-20-14-11-18(16-9-12-19(27)13-10-16)15-22(20)32-24(21)25(29)28-23(26(30)31)17-7-4-3-5-8-17/h3-5,7-15,23H,2,6H2,1H3,(H,28,29)(H,30,31). The van der Waals surface area contributed by atoms with Gasteiger partial charge in [-0.2, -0.15) is 0 Å². The predicted octanol–water partition coefficient (Wildman–Crippen LogP) is 6.26.